The molecule has 1 aromatic heterocycles. The maximum absolute atomic E-state index is 13.8. The number of H-pyrrole nitrogens is 1. The Balaban J connectivity index is 1.81. The summed E-state index contributed by atoms with van der Waals surface area (Å²) in [4.78, 5) is 0. The second-order valence-electron chi connectivity index (χ2n) is 4.78. The molecule has 0 spiro atoms. The number of ether oxygens (including phenoxy) is 1. The summed E-state index contributed by atoms with van der Waals surface area (Å²) in [6, 6.07) is 11.8. The van der Waals surface area contributed by atoms with Gasteiger partial charge in [-0.05, 0) is 36.5 Å². The first kappa shape index (κ1) is 16.4. The fourth-order valence-electron chi connectivity index (χ4n) is 1.99. The monoisotopic (exact) mass is 362 g/mol. The molecule has 0 saturated carbocycles. The van der Waals surface area contributed by atoms with Crippen LogP contribution in [0, 0.1) is 10.6 Å². The SMILES string of the molecule is Fc1cccc(Cl)c1COc1ccccc1/C=N/n1cn[nH]c1=S. The first-order valence-electron chi connectivity index (χ1n) is 6.96. The number of hydrogen-bond donors (Lipinski definition) is 1. The van der Waals surface area contributed by atoms with E-state index in [0.717, 1.165) is 0 Å². The third-order valence-corrected chi connectivity index (χ3v) is 3.84. The number of halogens is 2. The molecule has 0 amide bonds. The summed E-state index contributed by atoms with van der Waals surface area (Å²) in [7, 11) is 0. The van der Waals surface area contributed by atoms with Gasteiger partial charge in [-0.15, -0.1) is 0 Å². The van der Waals surface area contributed by atoms with Crippen molar-refractivity contribution in [2.75, 3.05) is 0 Å². The molecule has 0 radical (unpaired) electrons. The highest BCUT2D eigenvalue weighted by Crippen LogP contribution is 2.23. The van der Waals surface area contributed by atoms with Crippen molar-refractivity contribution in [3.63, 3.8) is 0 Å². The van der Waals surface area contributed by atoms with E-state index in [1.165, 1.54) is 17.1 Å². The van der Waals surface area contributed by atoms with Crippen LogP contribution in [-0.4, -0.2) is 21.1 Å². The van der Waals surface area contributed by atoms with Crippen molar-refractivity contribution in [2.24, 2.45) is 5.10 Å². The molecular weight excluding hydrogens is 351 g/mol. The standard InChI is InChI=1S/C16H12ClFN4OS/c17-13-5-3-6-14(18)12(13)9-23-15-7-2-1-4-11(15)8-20-22-10-19-21-16(22)24/h1-8,10H,9H2,(H,21,24)/b20-8+. The molecule has 3 rings (SSSR count). The number of hydrogen-bond acceptors (Lipinski definition) is 4. The Morgan fingerprint density at radius 2 is 2.12 bits per heavy atom. The van der Waals surface area contributed by atoms with Crippen molar-refractivity contribution in [3.05, 3.63) is 75.5 Å². The van der Waals surface area contributed by atoms with Gasteiger partial charge in [-0.2, -0.15) is 14.9 Å². The number of rotatable bonds is 5. The zero-order chi connectivity index (χ0) is 16.9. The van der Waals surface area contributed by atoms with E-state index in [-0.39, 0.29) is 6.61 Å². The van der Waals surface area contributed by atoms with Crippen LogP contribution in [0.25, 0.3) is 0 Å². The first-order chi connectivity index (χ1) is 11.6. The summed E-state index contributed by atoms with van der Waals surface area (Å²) < 4.78 is 21.3. The molecule has 0 aliphatic rings. The van der Waals surface area contributed by atoms with Gasteiger partial charge in [0.2, 0.25) is 4.77 Å². The van der Waals surface area contributed by atoms with Crippen molar-refractivity contribution >= 4 is 30.0 Å². The number of aromatic nitrogens is 3. The molecule has 0 aliphatic heterocycles. The largest absolute Gasteiger partial charge is 0.488 e. The summed E-state index contributed by atoms with van der Waals surface area (Å²) in [6.45, 7) is 0.0154. The van der Waals surface area contributed by atoms with Crippen LogP contribution in [0.15, 0.2) is 53.9 Å². The molecule has 0 bridgehead atoms. The Bertz CT molecular complexity index is 917. The molecule has 5 nitrogen and oxygen atoms in total. The second-order valence-corrected chi connectivity index (χ2v) is 5.57. The van der Waals surface area contributed by atoms with Crippen LogP contribution in [0.3, 0.4) is 0 Å². The van der Waals surface area contributed by atoms with Crippen LogP contribution in [0.1, 0.15) is 11.1 Å². The van der Waals surface area contributed by atoms with Gasteiger partial charge in [0.05, 0.1) is 11.2 Å². The van der Waals surface area contributed by atoms with Crippen molar-refractivity contribution < 1.29 is 9.13 Å². The minimum atomic E-state index is -0.404. The van der Waals surface area contributed by atoms with Crippen LogP contribution in [-0.2, 0) is 6.61 Å². The maximum atomic E-state index is 13.8. The fraction of sp³-hybridized carbons (Fsp3) is 0.0625. The zero-order valence-corrected chi connectivity index (χ0v) is 13.9. The molecule has 2 aromatic carbocycles. The third kappa shape index (κ3) is 3.69. The van der Waals surface area contributed by atoms with Crippen LogP contribution in [0.2, 0.25) is 5.02 Å². The number of nitrogens with one attached hydrogen (secondary N) is 1. The lowest BCUT2D eigenvalue weighted by Gasteiger charge is -2.10. The Hall–Kier alpha value is -2.51. The summed E-state index contributed by atoms with van der Waals surface area (Å²) in [5.74, 6) is 0.147. The highest BCUT2D eigenvalue weighted by atomic mass is 35.5. The van der Waals surface area contributed by atoms with Crippen molar-refractivity contribution in [2.45, 2.75) is 6.61 Å². The predicted molar refractivity (Wildman–Crippen MR) is 92.6 cm³/mol. The van der Waals surface area contributed by atoms with Gasteiger partial charge in [0.15, 0.2) is 0 Å². The van der Waals surface area contributed by atoms with Gasteiger partial charge in [-0.25, -0.2) is 4.39 Å². The average Bonchev–Trinajstić information content (AvgIpc) is 2.98. The first-order valence-corrected chi connectivity index (χ1v) is 7.75. The van der Waals surface area contributed by atoms with Crippen molar-refractivity contribution in [1.29, 1.82) is 0 Å². The Morgan fingerprint density at radius 3 is 2.88 bits per heavy atom. The van der Waals surface area contributed by atoms with Crippen LogP contribution in [0.4, 0.5) is 4.39 Å². The predicted octanol–water partition coefficient (Wildman–Crippen LogP) is 4.19. The molecule has 8 heteroatoms. The lowest BCUT2D eigenvalue weighted by molar-refractivity contribution is 0.299. The molecule has 1 N–H and O–H groups in total. The van der Waals surface area contributed by atoms with E-state index >= 15 is 0 Å². The number of aromatic amines is 1. The quantitative estimate of drug-likeness (QED) is 0.547. The summed E-state index contributed by atoms with van der Waals surface area (Å²) in [5, 5.41) is 10.9. The van der Waals surface area contributed by atoms with E-state index in [1.54, 1.807) is 24.4 Å². The molecule has 0 aliphatic carbocycles. The van der Waals surface area contributed by atoms with Gasteiger partial charge in [-0.1, -0.05) is 29.8 Å². The fourth-order valence-corrected chi connectivity index (χ4v) is 2.35. The van der Waals surface area contributed by atoms with E-state index in [0.29, 0.717) is 26.7 Å². The Kier molecular flexibility index (Phi) is 5.02. The molecular formula is C16H12ClFN4OS. The molecule has 0 fully saturated rings. The van der Waals surface area contributed by atoms with Crippen LogP contribution in [0.5, 0.6) is 5.75 Å². The number of benzene rings is 2. The van der Waals surface area contributed by atoms with Crippen LogP contribution >= 0.6 is 23.8 Å². The number of nitrogens with zero attached hydrogens (tertiary/aromatic N) is 3. The zero-order valence-electron chi connectivity index (χ0n) is 12.3. The number of para-hydroxylation sites is 1. The molecule has 0 saturated heterocycles. The van der Waals surface area contributed by atoms with E-state index in [9.17, 15) is 4.39 Å². The maximum Gasteiger partial charge on any atom is 0.216 e. The lowest BCUT2D eigenvalue weighted by Crippen LogP contribution is -2.02. The molecule has 24 heavy (non-hydrogen) atoms. The van der Waals surface area contributed by atoms with Gasteiger partial charge in [0.25, 0.3) is 0 Å². The van der Waals surface area contributed by atoms with Crippen molar-refractivity contribution in [1.82, 2.24) is 14.9 Å². The van der Waals surface area contributed by atoms with Gasteiger partial charge in [-0.3, -0.25) is 5.10 Å². The minimum Gasteiger partial charge on any atom is -0.488 e. The summed E-state index contributed by atoms with van der Waals surface area (Å²) in [5.41, 5.74) is 1.02. The minimum absolute atomic E-state index is 0.0154. The summed E-state index contributed by atoms with van der Waals surface area (Å²) >= 11 is 11.0. The van der Waals surface area contributed by atoms with E-state index in [2.05, 4.69) is 15.3 Å². The molecule has 122 valence electrons. The Morgan fingerprint density at radius 1 is 1.29 bits per heavy atom. The summed E-state index contributed by atoms with van der Waals surface area (Å²) in [6.07, 6.45) is 3.05. The molecule has 0 atom stereocenters. The molecule has 3 aromatic rings. The molecule has 1 heterocycles. The smallest absolute Gasteiger partial charge is 0.216 e. The molecule has 0 unspecified atom stereocenters. The van der Waals surface area contributed by atoms with Gasteiger partial charge >= 0.3 is 0 Å². The highest BCUT2D eigenvalue weighted by Gasteiger charge is 2.09. The van der Waals surface area contributed by atoms with Gasteiger partial charge in [0, 0.05) is 11.1 Å². The van der Waals surface area contributed by atoms with Gasteiger partial charge in [0.1, 0.15) is 24.5 Å². The van der Waals surface area contributed by atoms with E-state index in [1.807, 2.05) is 18.2 Å². The second kappa shape index (κ2) is 7.37. The topological polar surface area (TPSA) is 55.2 Å². The Labute approximate surface area is 147 Å². The third-order valence-electron chi connectivity index (χ3n) is 3.21. The van der Waals surface area contributed by atoms with Gasteiger partial charge < -0.3 is 4.74 Å². The normalized spacial score (nSPS) is 11.1. The van der Waals surface area contributed by atoms with Crippen molar-refractivity contribution in [3.8, 4) is 5.75 Å². The lowest BCUT2D eigenvalue weighted by atomic mass is 10.2. The van der Waals surface area contributed by atoms with E-state index in [4.69, 9.17) is 28.6 Å². The van der Waals surface area contributed by atoms with E-state index < -0.39 is 5.82 Å². The average molecular weight is 363 g/mol. The highest BCUT2D eigenvalue weighted by molar-refractivity contribution is 7.71. The van der Waals surface area contributed by atoms with Crippen LogP contribution < -0.4 is 4.74 Å².